The average molecular weight is 183 g/mol. The number of hydrogen-bond donors (Lipinski definition) is 1. The van der Waals surface area contributed by atoms with Crippen LogP contribution in [-0.4, -0.2) is 12.6 Å². The Labute approximate surface area is 77.5 Å². The third-order valence-corrected chi connectivity index (χ3v) is 1.80. The van der Waals surface area contributed by atoms with E-state index >= 15 is 0 Å². The molecule has 72 valence electrons. The van der Waals surface area contributed by atoms with E-state index in [0.29, 0.717) is 17.9 Å². The summed E-state index contributed by atoms with van der Waals surface area (Å²) in [5.41, 5.74) is 5.97. The van der Waals surface area contributed by atoms with Crippen LogP contribution in [-0.2, 0) is 0 Å². The van der Waals surface area contributed by atoms with Gasteiger partial charge in [-0.05, 0) is 37.6 Å². The molecule has 0 saturated heterocycles. The fraction of sp³-hybridized carbons (Fsp3) is 0.400. The topological polar surface area (TPSA) is 35.2 Å². The summed E-state index contributed by atoms with van der Waals surface area (Å²) in [5.74, 6) is 0.449. The summed E-state index contributed by atoms with van der Waals surface area (Å²) in [7, 11) is 0. The molecule has 0 bridgehead atoms. The number of benzene rings is 1. The van der Waals surface area contributed by atoms with Gasteiger partial charge in [0.15, 0.2) is 0 Å². The Kier molecular flexibility index (Phi) is 3.25. The highest BCUT2D eigenvalue weighted by atomic mass is 19.1. The number of nitrogens with two attached hydrogens (primary N) is 1. The molecule has 1 aromatic rings. The summed E-state index contributed by atoms with van der Waals surface area (Å²) in [5, 5.41) is 0. The van der Waals surface area contributed by atoms with E-state index in [9.17, 15) is 4.39 Å². The molecule has 0 aliphatic carbocycles. The minimum Gasteiger partial charge on any atom is -0.489 e. The van der Waals surface area contributed by atoms with E-state index in [4.69, 9.17) is 10.5 Å². The van der Waals surface area contributed by atoms with Gasteiger partial charge in [0, 0.05) is 6.54 Å². The number of halogens is 1. The molecule has 1 unspecified atom stereocenters. The van der Waals surface area contributed by atoms with E-state index in [2.05, 4.69) is 0 Å². The lowest BCUT2D eigenvalue weighted by molar-refractivity contribution is 0.229. The Morgan fingerprint density at radius 1 is 1.54 bits per heavy atom. The lowest BCUT2D eigenvalue weighted by atomic mass is 10.2. The maximum Gasteiger partial charge on any atom is 0.126 e. The van der Waals surface area contributed by atoms with Crippen LogP contribution in [0.5, 0.6) is 5.75 Å². The smallest absolute Gasteiger partial charge is 0.126 e. The molecule has 0 spiro atoms. The molecule has 3 heteroatoms. The van der Waals surface area contributed by atoms with Crippen molar-refractivity contribution in [1.82, 2.24) is 0 Å². The van der Waals surface area contributed by atoms with Crippen molar-refractivity contribution in [2.45, 2.75) is 20.0 Å². The Hall–Kier alpha value is -1.09. The first-order chi connectivity index (χ1) is 6.13. The fourth-order valence-electron chi connectivity index (χ4n) is 0.971. The Balaban J connectivity index is 2.73. The van der Waals surface area contributed by atoms with Gasteiger partial charge < -0.3 is 10.5 Å². The Morgan fingerprint density at radius 3 is 2.77 bits per heavy atom. The van der Waals surface area contributed by atoms with Crippen molar-refractivity contribution in [1.29, 1.82) is 0 Å². The first-order valence-corrected chi connectivity index (χ1v) is 4.26. The van der Waals surface area contributed by atoms with E-state index in [1.54, 1.807) is 19.1 Å². The normalized spacial score (nSPS) is 12.6. The molecular formula is C10H14FNO. The molecule has 13 heavy (non-hydrogen) atoms. The summed E-state index contributed by atoms with van der Waals surface area (Å²) in [6.45, 7) is 4.03. The molecule has 0 amide bonds. The second-order valence-corrected chi connectivity index (χ2v) is 3.08. The molecule has 0 aliphatic heterocycles. The standard InChI is InChI=1S/C10H14FNO/c1-7-5-9(3-4-10(7)11)13-8(2)6-12/h3-5,8H,6,12H2,1-2H3. The van der Waals surface area contributed by atoms with Gasteiger partial charge in [0.05, 0.1) is 0 Å². The van der Waals surface area contributed by atoms with Crippen molar-refractivity contribution >= 4 is 0 Å². The van der Waals surface area contributed by atoms with Crippen LogP contribution >= 0.6 is 0 Å². The molecule has 1 rings (SSSR count). The molecule has 0 heterocycles. The monoisotopic (exact) mass is 183 g/mol. The van der Waals surface area contributed by atoms with Crippen molar-refractivity contribution < 1.29 is 9.13 Å². The van der Waals surface area contributed by atoms with Crippen molar-refractivity contribution in [2.24, 2.45) is 5.73 Å². The zero-order valence-corrected chi connectivity index (χ0v) is 7.88. The van der Waals surface area contributed by atoms with E-state index in [1.807, 2.05) is 6.92 Å². The minimum absolute atomic E-state index is 0.0372. The minimum atomic E-state index is -0.215. The van der Waals surface area contributed by atoms with Crippen molar-refractivity contribution in [3.05, 3.63) is 29.6 Å². The van der Waals surface area contributed by atoms with Crippen LogP contribution in [0.25, 0.3) is 0 Å². The zero-order valence-electron chi connectivity index (χ0n) is 7.88. The van der Waals surface area contributed by atoms with Gasteiger partial charge in [0.1, 0.15) is 17.7 Å². The van der Waals surface area contributed by atoms with Crippen LogP contribution < -0.4 is 10.5 Å². The molecule has 0 fully saturated rings. The van der Waals surface area contributed by atoms with Gasteiger partial charge in [0.25, 0.3) is 0 Å². The highest BCUT2D eigenvalue weighted by molar-refractivity contribution is 5.28. The second-order valence-electron chi connectivity index (χ2n) is 3.08. The lowest BCUT2D eigenvalue weighted by Crippen LogP contribution is -2.22. The molecule has 0 saturated carbocycles. The predicted octanol–water partition coefficient (Wildman–Crippen LogP) is 1.86. The molecule has 2 N–H and O–H groups in total. The van der Waals surface area contributed by atoms with E-state index in [0.717, 1.165) is 0 Å². The molecule has 2 nitrogen and oxygen atoms in total. The Morgan fingerprint density at radius 2 is 2.23 bits per heavy atom. The van der Waals surface area contributed by atoms with Crippen molar-refractivity contribution in [2.75, 3.05) is 6.54 Å². The highest BCUT2D eigenvalue weighted by Crippen LogP contribution is 2.16. The maximum atomic E-state index is 12.8. The molecule has 0 radical (unpaired) electrons. The zero-order chi connectivity index (χ0) is 9.84. The van der Waals surface area contributed by atoms with E-state index < -0.39 is 0 Å². The number of rotatable bonds is 3. The molecule has 1 atom stereocenters. The predicted molar refractivity (Wildman–Crippen MR) is 50.3 cm³/mol. The lowest BCUT2D eigenvalue weighted by Gasteiger charge is -2.12. The van der Waals surface area contributed by atoms with Gasteiger partial charge in [0.2, 0.25) is 0 Å². The summed E-state index contributed by atoms with van der Waals surface area (Å²) < 4.78 is 18.2. The van der Waals surface area contributed by atoms with Crippen LogP contribution in [0.3, 0.4) is 0 Å². The Bertz CT molecular complexity index is 288. The quantitative estimate of drug-likeness (QED) is 0.776. The number of ether oxygens (including phenoxy) is 1. The van der Waals surface area contributed by atoms with Crippen LogP contribution in [0.2, 0.25) is 0 Å². The van der Waals surface area contributed by atoms with Crippen molar-refractivity contribution in [3.63, 3.8) is 0 Å². The van der Waals surface area contributed by atoms with Gasteiger partial charge in [-0.1, -0.05) is 0 Å². The molecule has 0 aliphatic rings. The number of hydrogen-bond acceptors (Lipinski definition) is 2. The van der Waals surface area contributed by atoms with Gasteiger partial charge in [-0.2, -0.15) is 0 Å². The second kappa shape index (κ2) is 4.23. The third kappa shape index (κ3) is 2.70. The van der Waals surface area contributed by atoms with Gasteiger partial charge in [-0.15, -0.1) is 0 Å². The van der Waals surface area contributed by atoms with E-state index in [1.165, 1.54) is 6.07 Å². The molecule has 0 aromatic heterocycles. The van der Waals surface area contributed by atoms with Crippen LogP contribution in [0, 0.1) is 12.7 Å². The highest BCUT2D eigenvalue weighted by Gasteiger charge is 2.03. The van der Waals surface area contributed by atoms with E-state index in [-0.39, 0.29) is 11.9 Å². The number of aryl methyl sites for hydroxylation is 1. The largest absolute Gasteiger partial charge is 0.489 e. The van der Waals surface area contributed by atoms with Crippen LogP contribution in [0.15, 0.2) is 18.2 Å². The summed E-state index contributed by atoms with van der Waals surface area (Å²) in [6.07, 6.45) is -0.0372. The van der Waals surface area contributed by atoms with Gasteiger partial charge >= 0.3 is 0 Å². The van der Waals surface area contributed by atoms with Crippen LogP contribution in [0.1, 0.15) is 12.5 Å². The molecule has 1 aromatic carbocycles. The van der Waals surface area contributed by atoms with Crippen molar-refractivity contribution in [3.8, 4) is 5.75 Å². The molecular weight excluding hydrogens is 169 g/mol. The van der Waals surface area contributed by atoms with Gasteiger partial charge in [-0.3, -0.25) is 0 Å². The first-order valence-electron chi connectivity index (χ1n) is 4.26. The third-order valence-electron chi connectivity index (χ3n) is 1.80. The van der Waals surface area contributed by atoms with Gasteiger partial charge in [-0.25, -0.2) is 4.39 Å². The summed E-state index contributed by atoms with van der Waals surface area (Å²) >= 11 is 0. The first kappa shape index (κ1) is 9.99. The maximum absolute atomic E-state index is 12.8. The average Bonchev–Trinajstić information content (AvgIpc) is 2.11. The van der Waals surface area contributed by atoms with Crippen LogP contribution in [0.4, 0.5) is 4.39 Å². The summed E-state index contributed by atoms with van der Waals surface area (Å²) in [4.78, 5) is 0. The summed E-state index contributed by atoms with van der Waals surface area (Å²) in [6, 6.07) is 4.67. The SMILES string of the molecule is Cc1cc(OC(C)CN)ccc1F. The fourth-order valence-corrected chi connectivity index (χ4v) is 0.971.